The molecular weight excluding hydrogens is 438 g/mol. The fourth-order valence-electron chi connectivity index (χ4n) is 4.69. The Morgan fingerprint density at radius 3 is 2.53 bits per heavy atom. The first kappa shape index (κ1) is 22.7. The number of carbonyl (C=O) groups excluding carboxylic acids is 3. The number of rotatable bonds is 6. The molecule has 0 atom stereocenters. The number of likely N-dealkylation sites (tertiary alicyclic amines) is 1. The maximum atomic E-state index is 13.1. The van der Waals surface area contributed by atoms with E-state index < -0.39 is 27.9 Å². The van der Waals surface area contributed by atoms with Crippen molar-refractivity contribution in [3.63, 3.8) is 0 Å². The van der Waals surface area contributed by atoms with Crippen LogP contribution in [0.1, 0.15) is 32.1 Å². The highest BCUT2D eigenvalue weighted by Gasteiger charge is 2.52. The number of nitrogens with zero attached hydrogens (tertiary/aromatic N) is 2. The van der Waals surface area contributed by atoms with Gasteiger partial charge in [-0.3, -0.25) is 19.3 Å². The Labute approximate surface area is 186 Å². The van der Waals surface area contributed by atoms with Crippen LogP contribution in [0.5, 0.6) is 5.75 Å². The molecule has 1 aromatic rings. The average molecular weight is 466 g/mol. The van der Waals surface area contributed by atoms with E-state index in [2.05, 4.69) is 5.32 Å². The zero-order valence-electron chi connectivity index (χ0n) is 18.0. The van der Waals surface area contributed by atoms with Crippen molar-refractivity contribution in [1.29, 1.82) is 0 Å². The molecule has 174 valence electrons. The van der Waals surface area contributed by atoms with Crippen molar-refractivity contribution in [2.24, 2.45) is 5.41 Å². The summed E-state index contributed by atoms with van der Waals surface area (Å²) in [4.78, 5) is 38.7. The number of amides is 3. The van der Waals surface area contributed by atoms with Crippen LogP contribution >= 0.6 is 0 Å². The molecular formula is C21H27N3O7S. The standard InChI is InChI=1S/C21H27N3O7S/c1-30-16-5-4-15(12-17(16)32(28,29)23-8-10-31-11-9-23)22-18(25)14-24-19(26)13-21(20(24)27)6-2-3-7-21/h4-5,12H,2-3,6-11,13-14H2,1H3,(H,22,25). The zero-order chi connectivity index (χ0) is 22.9. The minimum absolute atomic E-state index is 0.0714. The van der Waals surface area contributed by atoms with E-state index in [1.165, 1.54) is 29.6 Å². The predicted octanol–water partition coefficient (Wildman–Crippen LogP) is 0.974. The molecule has 3 fully saturated rings. The Morgan fingerprint density at radius 1 is 1.19 bits per heavy atom. The second-order valence-electron chi connectivity index (χ2n) is 8.38. The largest absolute Gasteiger partial charge is 0.495 e. The van der Waals surface area contributed by atoms with Gasteiger partial charge in [-0.05, 0) is 31.0 Å². The molecule has 0 unspecified atom stereocenters. The number of carbonyl (C=O) groups is 3. The van der Waals surface area contributed by atoms with Gasteiger partial charge in [-0.15, -0.1) is 0 Å². The van der Waals surface area contributed by atoms with E-state index in [0.717, 1.165) is 17.7 Å². The number of morpholine rings is 1. The lowest BCUT2D eigenvalue weighted by atomic mass is 9.84. The van der Waals surface area contributed by atoms with Crippen LogP contribution in [0.3, 0.4) is 0 Å². The first-order chi connectivity index (χ1) is 15.3. The van der Waals surface area contributed by atoms with Crippen molar-refractivity contribution in [1.82, 2.24) is 9.21 Å². The van der Waals surface area contributed by atoms with Gasteiger partial charge in [0.2, 0.25) is 27.7 Å². The van der Waals surface area contributed by atoms with Crippen molar-refractivity contribution < 1.29 is 32.3 Å². The van der Waals surface area contributed by atoms with Crippen LogP contribution in [0.4, 0.5) is 5.69 Å². The van der Waals surface area contributed by atoms with E-state index in [4.69, 9.17) is 9.47 Å². The van der Waals surface area contributed by atoms with E-state index in [-0.39, 0.29) is 47.7 Å². The van der Waals surface area contributed by atoms with Crippen molar-refractivity contribution >= 4 is 33.4 Å². The predicted molar refractivity (Wildman–Crippen MR) is 113 cm³/mol. The van der Waals surface area contributed by atoms with E-state index in [1.54, 1.807) is 0 Å². The molecule has 10 nitrogen and oxygen atoms in total. The highest BCUT2D eigenvalue weighted by atomic mass is 32.2. The van der Waals surface area contributed by atoms with Crippen LogP contribution in [0.2, 0.25) is 0 Å². The van der Waals surface area contributed by atoms with E-state index in [1.807, 2.05) is 0 Å². The number of imide groups is 1. The van der Waals surface area contributed by atoms with E-state index in [9.17, 15) is 22.8 Å². The van der Waals surface area contributed by atoms with Gasteiger partial charge in [-0.1, -0.05) is 12.8 Å². The summed E-state index contributed by atoms with van der Waals surface area (Å²) in [5.41, 5.74) is -0.408. The minimum atomic E-state index is -3.86. The molecule has 1 aliphatic carbocycles. The molecule has 0 radical (unpaired) electrons. The second-order valence-corrected chi connectivity index (χ2v) is 10.3. The summed E-state index contributed by atoms with van der Waals surface area (Å²) < 4.78 is 37.9. The molecule has 0 aromatic heterocycles. The molecule has 3 aliphatic rings. The first-order valence-corrected chi connectivity index (χ1v) is 12.1. The summed E-state index contributed by atoms with van der Waals surface area (Å²) in [6, 6.07) is 4.30. The number of hydrogen-bond acceptors (Lipinski definition) is 7. The molecule has 2 aliphatic heterocycles. The van der Waals surface area contributed by atoms with Crippen LogP contribution < -0.4 is 10.1 Å². The Hall–Kier alpha value is -2.50. The number of hydrogen-bond donors (Lipinski definition) is 1. The van der Waals surface area contributed by atoms with Gasteiger partial charge >= 0.3 is 0 Å². The summed E-state index contributed by atoms with van der Waals surface area (Å²) >= 11 is 0. The summed E-state index contributed by atoms with van der Waals surface area (Å²) in [7, 11) is -2.49. The molecule has 4 rings (SSSR count). The van der Waals surface area contributed by atoms with Crippen molar-refractivity contribution in [3.8, 4) is 5.75 Å². The normalized spacial score (nSPS) is 21.3. The molecule has 2 saturated heterocycles. The average Bonchev–Trinajstić information content (AvgIpc) is 3.35. The maximum Gasteiger partial charge on any atom is 0.246 e. The molecule has 2 heterocycles. The number of sulfonamides is 1. The minimum Gasteiger partial charge on any atom is -0.495 e. The Balaban J connectivity index is 1.50. The fraction of sp³-hybridized carbons (Fsp3) is 0.571. The van der Waals surface area contributed by atoms with Crippen molar-refractivity contribution in [2.45, 2.75) is 37.0 Å². The number of methoxy groups -OCH3 is 1. The summed E-state index contributed by atoms with van der Waals surface area (Å²) in [6.45, 7) is 0.664. The highest BCUT2D eigenvalue weighted by Crippen LogP contribution is 2.46. The van der Waals surface area contributed by atoms with Gasteiger partial charge in [0.1, 0.15) is 17.2 Å². The first-order valence-electron chi connectivity index (χ1n) is 10.7. The molecule has 11 heteroatoms. The lowest BCUT2D eigenvalue weighted by Crippen LogP contribution is -2.41. The summed E-state index contributed by atoms with van der Waals surface area (Å²) in [5.74, 6) is -1.03. The van der Waals surface area contributed by atoms with Gasteiger partial charge < -0.3 is 14.8 Å². The lowest BCUT2D eigenvalue weighted by molar-refractivity contribution is -0.143. The Morgan fingerprint density at radius 2 is 1.88 bits per heavy atom. The van der Waals surface area contributed by atoms with Crippen LogP contribution in [-0.2, 0) is 29.1 Å². The summed E-state index contributed by atoms with van der Waals surface area (Å²) in [6.07, 6.45) is 3.33. The van der Waals surface area contributed by atoms with Crippen molar-refractivity contribution in [2.75, 3.05) is 45.3 Å². The smallest absolute Gasteiger partial charge is 0.246 e. The molecule has 1 aromatic carbocycles. The lowest BCUT2D eigenvalue weighted by Gasteiger charge is -2.27. The van der Waals surface area contributed by atoms with Gasteiger partial charge in [0.25, 0.3) is 0 Å². The Kier molecular flexibility index (Phi) is 6.24. The molecule has 0 bridgehead atoms. The third-order valence-electron chi connectivity index (χ3n) is 6.39. The molecule has 32 heavy (non-hydrogen) atoms. The van der Waals surface area contributed by atoms with Crippen LogP contribution in [0, 0.1) is 5.41 Å². The van der Waals surface area contributed by atoms with Gasteiger partial charge in [0.05, 0.1) is 25.7 Å². The van der Waals surface area contributed by atoms with Gasteiger partial charge in [0, 0.05) is 25.2 Å². The Bertz CT molecular complexity index is 1030. The quantitative estimate of drug-likeness (QED) is 0.621. The SMILES string of the molecule is COc1ccc(NC(=O)CN2C(=O)CC3(CCCC3)C2=O)cc1S(=O)(=O)N1CCOCC1. The number of ether oxygens (including phenoxy) is 2. The van der Waals surface area contributed by atoms with Gasteiger partial charge in [-0.25, -0.2) is 8.42 Å². The number of benzene rings is 1. The van der Waals surface area contributed by atoms with Crippen LogP contribution in [0.15, 0.2) is 23.1 Å². The maximum absolute atomic E-state index is 13.1. The third kappa shape index (κ3) is 4.12. The fourth-order valence-corrected chi connectivity index (χ4v) is 6.28. The number of nitrogens with one attached hydrogen (secondary N) is 1. The zero-order valence-corrected chi connectivity index (χ0v) is 18.8. The topological polar surface area (TPSA) is 122 Å². The van der Waals surface area contributed by atoms with E-state index in [0.29, 0.717) is 26.1 Å². The molecule has 1 spiro atoms. The van der Waals surface area contributed by atoms with Gasteiger partial charge in [0.15, 0.2) is 0 Å². The van der Waals surface area contributed by atoms with Gasteiger partial charge in [-0.2, -0.15) is 4.31 Å². The number of anilines is 1. The molecule has 1 N–H and O–H groups in total. The molecule has 3 amide bonds. The highest BCUT2D eigenvalue weighted by molar-refractivity contribution is 7.89. The van der Waals surface area contributed by atoms with E-state index >= 15 is 0 Å². The second kappa shape index (κ2) is 8.80. The molecule has 1 saturated carbocycles. The summed E-state index contributed by atoms with van der Waals surface area (Å²) in [5, 5.41) is 2.61. The monoisotopic (exact) mass is 465 g/mol. The van der Waals surface area contributed by atoms with Crippen molar-refractivity contribution in [3.05, 3.63) is 18.2 Å². The third-order valence-corrected chi connectivity index (χ3v) is 8.31. The van der Waals surface area contributed by atoms with Crippen LogP contribution in [-0.4, -0.2) is 75.3 Å². The van der Waals surface area contributed by atoms with Crippen LogP contribution in [0.25, 0.3) is 0 Å².